The van der Waals surface area contributed by atoms with Crippen LogP contribution in [0.15, 0.2) is 35.0 Å². The highest BCUT2D eigenvalue weighted by Crippen LogP contribution is 2.29. The summed E-state index contributed by atoms with van der Waals surface area (Å²) >= 11 is 0. The number of aromatic nitrogens is 4. The van der Waals surface area contributed by atoms with E-state index in [4.69, 9.17) is 4.52 Å². The number of nitrogens with zero attached hydrogens (tertiary/aromatic N) is 5. The lowest BCUT2D eigenvalue weighted by Crippen LogP contribution is -2.44. The number of hydrogen-bond acceptors (Lipinski definition) is 6. The largest absolute Gasteiger partial charge is 0.334 e. The molecule has 1 aliphatic heterocycles. The highest BCUT2D eigenvalue weighted by atomic mass is 35.5. The number of rotatable bonds is 3. The molecule has 0 aromatic carbocycles. The minimum Gasteiger partial charge on any atom is -0.334 e. The summed E-state index contributed by atoms with van der Waals surface area (Å²) in [5, 5.41) is 7.61. The molecule has 0 aliphatic carbocycles. The number of nitrogens with one attached hydrogen (secondary N) is 1. The van der Waals surface area contributed by atoms with Crippen molar-refractivity contribution in [1.29, 1.82) is 0 Å². The number of pyridine rings is 1. The third-order valence-corrected chi connectivity index (χ3v) is 4.79. The van der Waals surface area contributed by atoms with E-state index >= 15 is 0 Å². The zero-order chi connectivity index (χ0) is 17.4. The van der Waals surface area contributed by atoms with E-state index in [0.717, 1.165) is 48.2 Å². The topological polar surface area (TPSA) is 72.0 Å². The summed E-state index contributed by atoms with van der Waals surface area (Å²) in [5.41, 5.74) is 3.08. The smallest absolute Gasteiger partial charge is 0.259 e. The first-order chi connectivity index (χ1) is 12.1. The molecule has 1 aliphatic rings. The fourth-order valence-corrected chi connectivity index (χ4v) is 3.39. The van der Waals surface area contributed by atoms with Gasteiger partial charge in [-0.25, -0.2) is 4.98 Å². The van der Waals surface area contributed by atoms with Crippen LogP contribution in [0.2, 0.25) is 0 Å². The molecule has 3 aromatic rings. The molecule has 0 radical (unpaired) electrons. The van der Waals surface area contributed by atoms with E-state index in [1.807, 2.05) is 18.2 Å². The molecule has 7 nitrogen and oxygen atoms in total. The Morgan fingerprint density at radius 1 is 1.27 bits per heavy atom. The second-order valence-electron chi connectivity index (χ2n) is 6.47. The van der Waals surface area contributed by atoms with Crippen LogP contribution in [-0.4, -0.2) is 51.3 Å². The molecule has 1 N–H and O–H groups in total. The molecule has 26 heavy (non-hydrogen) atoms. The number of piperazine rings is 1. The Bertz CT molecular complexity index is 875. The minimum atomic E-state index is 0. The standard InChI is InChI=1S/C18H22N6O.ClH/c1-12-10-14(13(2)24(12)16-6-4-5-7-20-16)18-21-17(22-25-18)15-11-19-8-9-23(15)3;/h4-7,10,15,19H,8-9,11H2,1-3H3;1H. The molecule has 3 aromatic heterocycles. The van der Waals surface area contributed by atoms with E-state index in [1.54, 1.807) is 6.20 Å². The Kier molecular flexibility index (Phi) is 5.41. The van der Waals surface area contributed by atoms with Gasteiger partial charge in [-0.1, -0.05) is 11.2 Å². The van der Waals surface area contributed by atoms with Gasteiger partial charge in [0.1, 0.15) is 5.82 Å². The molecule has 4 heterocycles. The lowest BCUT2D eigenvalue weighted by atomic mass is 10.2. The maximum atomic E-state index is 5.59. The first-order valence-corrected chi connectivity index (χ1v) is 8.50. The highest BCUT2D eigenvalue weighted by Gasteiger charge is 2.26. The summed E-state index contributed by atoms with van der Waals surface area (Å²) in [6.07, 6.45) is 1.80. The molecule has 1 saturated heterocycles. The van der Waals surface area contributed by atoms with Crippen molar-refractivity contribution in [3.05, 3.63) is 47.7 Å². The van der Waals surface area contributed by atoms with Crippen LogP contribution in [0.3, 0.4) is 0 Å². The molecule has 8 heteroatoms. The van der Waals surface area contributed by atoms with Crippen molar-refractivity contribution in [2.24, 2.45) is 0 Å². The Balaban J connectivity index is 0.00000196. The molecule has 1 unspecified atom stereocenters. The average molecular weight is 375 g/mol. The van der Waals surface area contributed by atoms with Gasteiger partial charge in [0.05, 0.1) is 11.6 Å². The molecule has 138 valence electrons. The van der Waals surface area contributed by atoms with Crippen molar-refractivity contribution in [1.82, 2.24) is 29.9 Å². The molecule has 1 fully saturated rings. The molecular formula is C18H23ClN6O. The van der Waals surface area contributed by atoms with E-state index in [2.05, 4.69) is 56.9 Å². The third kappa shape index (κ3) is 3.25. The monoisotopic (exact) mass is 374 g/mol. The van der Waals surface area contributed by atoms with Crippen LogP contribution >= 0.6 is 12.4 Å². The first kappa shape index (κ1) is 18.6. The fraction of sp³-hybridized carbons (Fsp3) is 0.389. The Hall–Kier alpha value is -2.22. The maximum Gasteiger partial charge on any atom is 0.259 e. The number of likely N-dealkylation sites (N-methyl/N-ethyl adjacent to an activating group) is 1. The van der Waals surface area contributed by atoms with Crippen molar-refractivity contribution in [2.45, 2.75) is 19.9 Å². The Morgan fingerprint density at radius 2 is 2.12 bits per heavy atom. The highest BCUT2D eigenvalue weighted by molar-refractivity contribution is 5.85. The van der Waals surface area contributed by atoms with Gasteiger partial charge in [-0.15, -0.1) is 12.4 Å². The van der Waals surface area contributed by atoms with Gasteiger partial charge in [0.25, 0.3) is 5.89 Å². The van der Waals surface area contributed by atoms with Gasteiger partial charge >= 0.3 is 0 Å². The number of halogens is 1. The van der Waals surface area contributed by atoms with Crippen molar-refractivity contribution >= 4 is 12.4 Å². The SMILES string of the molecule is Cc1cc(-c2nc(C3CNCCN3C)no2)c(C)n1-c1ccccn1.Cl. The summed E-state index contributed by atoms with van der Waals surface area (Å²) in [7, 11) is 2.09. The van der Waals surface area contributed by atoms with E-state index in [-0.39, 0.29) is 18.4 Å². The maximum absolute atomic E-state index is 5.59. The summed E-state index contributed by atoms with van der Waals surface area (Å²) < 4.78 is 7.69. The Labute approximate surface area is 158 Å². The number of hydrogen-bond donors (Lipinski definition) is 1. The van der Waals surface area contributed by atoms with Gasteiger partial charge < -0.3 is 14.4 Å². The van der Waals surface area contributed by atoms with Gasteiger partial charge in [0, 0.05) is 37.2 Å². The lowest BCUT2D eigenvalue weighted by Gasteiger charge is -2.30. The normalized spacial score (nSPS) is 17.9. The average Bonchev–Trinajstić information content (AvgIpc) is 3.21. The second-order valence-corrected chi connectivity index (χ2v) is 6.47. The van der Waals surface area contributed by atoms with E-state index in [1.165, 1.54) is 0 Å². The van der Waals surface area contributed by atoms with Crippen molar-refractivity contribution in [3.8, 4) is 17.3 Å². The summed E-state index contributed by atoms with van der Waals surface area (Å²) in [4.78, 5) is 11.4. The van der Waals surface area contributed by atoms with E-state index in [0.29, 0.717) is 5.89 Å². The van der Waals surface area contributed by atoms with Crippen molar-refractivity contribution in [3.63, 3.8) is 0 Å². The van der Waals surface area contributed by atoms with Gasteiger partial charge in [0.2, 0.25) is 0 Å². The van der Waals surface area contributed by atoms with Gasteiger partial charge in [-0.2, -0.15) is 4.98 Å². The predicted molar refractivity (Wildman–Crippen MR) is 102 cm³/mol. The van der Waals surface area contributed by atoms with Gasteiger partial charge in [0.15, 0.2) is 5.82 Å². The summed E-state index contributed by atoms with van der Waals surface area (Å²) in [5.74, 6) is 2.18. The van der Waals surface area contributed by atoms with Crippen LogP contribution < -0.4 is 5.32 Å². The van der Waals surface area contributed by atoms with E-state index < -0.39 is 0 Å². The van der Waals surface area contributed by atoms with Crippen LogP contribution in [0.1, 0.15) is 23.3 Å². The third-order valence-electron chi connectivity index (χ3n) is 4.79. The molecule has 0 bridgehead atoms. The molecule has 1 atom stereocenters. The molecule has 4 rings (SSSR count). The minimum absolute atomic E-state index is 0. The van der Waals surface area contributed by atoms with Gasteiger partial charge in [-0.05, 0) is 39.1 Å². The van der Waals surface area contributed by atoms with Crippen LogP contribution in [0.4, 0.5) is 0 Å². The van der Waals surface area contributed by atoms with Crippen LogP contribution in [0.25, 0.3) is 17.3 Å². The molecule has 0 saturated carbocycles. The quantitative estimate of drug-likeness (QED) is 0.759. The van der Waals surface area contributed by atoms with Crippen molar-refractivity contribution in [2.75, 3.05) is 26.7 Å². The van der Waals surface area contributed by atoms with Crippen LogP contribution in [-0.2, 0) is 0 Å². The fourth-order valence-electron chi connectivity index (χ4n) is 3.39. The first-order valence-electron chi connectivity index (χ1n) is 8.50. The van der Waals surface area contributed by atoms with E-state index in [9.17, 15) is 0 Å². The van der Waals surface area contributed by atoms with Crippen LogP contribution in [0, 0.1) is 13.8 Å². The molecular weight excluding hydrogens is 352 g/mol. The number of aryl methyl sites for hydroxylation is 1. The van der Waals surface area contributed by atoms with Gasteiger partial charge in [-0.3, -0.25) is 4.90 Å². The second kappa shape index (κ2) is 7.57. The zero-order valence-electron chi connectivity index (χ0n) is 15.1. The molecule has 0 spiro atoms. The van der Waals surface area contributed by atoms with Crippen molar-refractivity contribution < 1.29 is 4.52 Å². The summed E-state index contributed by atoms with van der Waals surface area (Å²) in [6, 6.07) is 8.11. The predicted octanol–water partition coefficient (Wildman–Crippen LogP) is 2.54. The Morgan fingerprint density at radius 3 is 2.85 bits per heavy atom. The summed E-state index contributed by atoms with van der Waals surface area (Å²) in [6.45, 7) is 6.91. The lowest BCUT2D eigenvalue weighted by molar-refractivity contribution is 0.190. The molecule has 0 amide bonds. The van der Waals surface area contributed by atoms with Crippen LogP contribution in [0.5, 0.6) is 0 Å². The zero-order valence-corrected chi connectivity index (χ0v) is 16.0.